The molecule has 3 rings (SSSR count). The Kier molecular flexibility index (Phi) is 4.14. The van der Waals surface area contributed by atoms with E-state index in [-0.39, 0.29) is 12.1 Å². The minimum Gasteiger partial charge on any atom is -0.424 e. The van der Waals surface area contributed by atoms with Crippen molar-refractivity contribution in [2.24, 2.45) is 5.92 Å². The van der Waals surface area contributed by atoms with Crippen LogP contribution >= 0.6 is 0 Å². The van der Waals surface area contributed by atoms with Crippen molar-refractivity contribution in [3.63, 3.8) is 0 Å². The van der Waals surface area contributed by atoms with E-state index in [9.17, 15) is 13.2 Å². The van der Waals surface area contributed by atoms with E-state index in [0.29, 0.717) is 23.3 Å². The van der Waals surface area contributed by atoms with Crippen molar-refractivity contribution in [3.8, 4) is 0 Å². The molecule has 1 aliphatic rings. The molecule has 0 amide bonds. The van der Waals surface area contributed by atoms with Gasteiger partial charge in [0.05, 0.1) is 11.6 Å². The van der Waals surface area contributed by atoms with Gasteiger partial charge in [0.1, 0.15) is 0 Å². The van der Waals surface area contributed by atoms with Gasteiger partial charge in [-0.1, -0.05) is 12.1 Å². The fourth-order valence-corrected chi connectivity index (χ4v) is 2.67. The van der Waals surface area contributed by atoms with Gasteiger partial charge >= 0.3 is 6.18 Å². The fraction of sp³-hybridized carbons (Fsp3) is 0.500. The summed E-state index contributed by atoms with van der Waals surface area (Å²) < 4.78 is 44.2. The first-order chi connectivity index (χ1) is 10.8. The highest BCUT2D eigenvalue weighted by Crippen LogP contribution is 2.43. The molecule has 0 unspecified atom stereocenters. The van der Waals surface area contributed by atoms with Crippen molar-refractivity contribution < 1.29 is 17.6 Å². The second-order valence-corrected chi connectivity index (χ2v) is 5.99. The Morgan fingerprint density at radius 2 is 2.00 bits per heavy atom. The Balaban J connectivity index is 1.82. The van der Waals surface area contributed by atoms with Crippen LogP contribution in [-0.2, 0) is 6.18 Å². The van der Waals surface area contributed by atoms with Crippen LogP contribution in [0, 0.1) is 12.8 Å². The van der Waals surface area contributed by atoms with Crippen molar-refractivity contribution in [1.29, 1.82) is 0 Å². The Morgan fingerprint density at radius 3 is 2.57 bits per heavy atom. The molecule has 0 radical (unpaired) electrons. The zero-order valence-corrected chi connectivity index (χ0v) is 12.9. The first kappa shape index (κ1) is 16.0. The molecular weight excluding hydrogens is 307 g/mol. The van der Waals surface area contributed by atoms with Gasteiger partial charge < -0.3 is 4.42 Å². The number of halogens is 3. The SMILES string of the molecule is Cc1nnc([C@@H](C)N[C@@H](c2cccc(C(F)(F)F)c2)C2CC2)o1. The third-order valence-electron chi connectivity index (χ3n) is 4.01. The predicted molar refractivity (Wildman–Crippen MR) is 77.5 cm³/mol. The summed E-state index contributed by atoms with van der Waals surface area (Å²) in [5.74, 6) is 1.25. The summed E-state index contributed by atoms with van der Waals surface area (Å²) in [5.41, 5.74) is 0.0224. The summed E-state index contributed by atoms with van der Waals surface area (Å²) in [5, 5.41) is 11.1. The first-order valence-corrected chi connectivity index (χ1v) is 7.58. The second kappa shape index (κ2) is 5.96. The van der Waals surface area contributed by atoms with Crippen LogP contribution in [0.25, 0.3) is 0 Å². The van der Waals surface area contributed by atoms with E-state index in [1.54, 1.807) is 13.0 Å². The summed E-state index contributed by atoms with van der Waals surface area (Å²) >= 11 is 0. The molecule has 0 saturated heterocycles. The minimum atomic E-state index is -4.33. The topological polar surface area (TPSA) is 51.0 Å². The number of nitrogens with one attached hydrogen (secondary N) is 1. The summed E-state index contributed by atoms with van der Waals surface area (Å²) in [6.07, 6.45) is -2.33. The summed E-state index contributed by atoms with van der Waals surface area (Å²) in [7, 11) is 0. The minimum absolute atomic E-state index is 0.153. The Hall–Kier alpha value is -1.89. The quantitative estimate of drug-likeness (QED) is 0.895. The number of hydrogen-bond donors (Lipinski definition) is 1. The van der Waals surface area contributed by atoms with Crippen LogP contribution in [0.1, 0.15) is 54.8 Å². The standard InChI is InChI=1S/C16H18F3N3O/c1-9(15-22-21-10(2)23-15)20-14(11-6-7-11)12-4-3-5-13(8-12)16(17,18)19/h3-5,8-9,11,14,20H,6-7H2,1-2H3/t9-,14-/m1/s1. The van der Waals surface area contributed by atoms with E-state index in [0.717, 1.165) is 18.9 Å². The molecule has 2 aromatic rings. The third-order valence-corrected chi connectivity index (χ3v) is 4.01. The molecule has 1 fully saturated rings. The third kappa shape index (κ3) is 3.72. The van der Waals surface area contributed by atoms with Crippen molar-refractivity contribution in [1.82, 2.24) is 15.5 Å². The fourth-order valence-electron chi connectivity index (χ4n) is 2.67. The lowest BCUT2D eigenvalue weighted by molar-refractivity contribution is -0.137. The van der Waals surface area contributed by atoms with Crippen LogP contribution in [0.3, 0.4) is 0 Å². The van der Waals surface area contributed by atoms with E-state index in [2.05, 4.69) is 15.5 Å². The molecular formula is C16H18F3N3O. The molecule has 1 aliphatic carbocycles. The van der Waals surface area contributed by atoms with Crippen molar-refractivity contribution >= 4 is 0 Å². The molecule has 7 heteroatoms. The molecule has 23 heavy (non-hydrogen) atoms. The molecule has 0 bridgehead atoms. The van der Waals surface area contributed by atoms with Crippen molar-refractivity contribution in [2.75, 3.05) is 0 Å². The number of rotatable bonds is 5. The van der Waals surface area contributed by atoms with E-state index in [4.69, 9.17) is 4.42 Å². The second-order valence-electron chi connectivity index (χ2n) is 5.99. The zero-order chi connectivity index (χ0) is 16.6. The monoisotopic (exact) mass is 325 g/mol. The normalized spacial score (nSPS) is 18.0. The van der Waals surface area contributed by atoms with Crippen LogP contribution in [0.2, 0.25) is 0 Å². The summed E-state index contributed by atoms with van der Waals surface area (Å²) in [6, 6.07) is 5.13. The highest BCUT2D eigenvalue weighted by Gasteiger charge is 2.36. The lowest BCUT2D eigenvalue weighted by atomic mass is 9.99. The lowest BCUT2D eigenvalue weighted by Crippen LogP contribution is -2.26. The van der Waals surface area contributed by atoms with Crippen molar-refractivity contribution in [3.05, 3.63) is 47.2 Å². The van der Waals surface area contributed by atoms with Gasteiger partial charge in [-0.2, -0.15) is 13.2 Å². The molecule has 0 aliphatic heterocycles. The van der Waals surface area contributed by atoms with Gasteiger partial charge in [0.15, 0.2) is 0 Å². The number of benzene rings is 1. The average Bonchev–Trinajstić information content (AvgIpc) is 3.24. The molecule has 1 aromatic carbocycles. The van der Waals surface area contributed by atoms with Crippen LogP contribution in [0.5, 0.6) is 0 Å². The largest absolute Gasteiger partial charge is 0.424 e. The molecule has 2 atom stereocenters. The molecule has 0 spiro atoms. The molecule has 1 N–H and O–H groups in total. The molecule has 4 nitrogen and oxygen atoms in total. The molecule has 1 heterocycles. The molecule has 1 saturated carbocycles. The van der Waals surface area contributed by atoms with E-state index in [1.807, 2.05) is 6.92 Å². The predicted octanol–water partition coefficient (Wildman–Crippen LogP) is 4.20. The van der Waals surface area contributed by atoms with Gasteiger partial charge in [-0.15, -0.1) is 10.2 Å². The Bertz CT molecular complexity index is 679. The van der Waals surface area contributed by atoms with Gasteiger partial charge in [0.25, 0.3) is 0 Å². The number of aromatic nitrogens is 2. The van der Waals surface area contributed by atoms with E-state index >= 15 is 0 Å². The Labute approximate surface area is 132 Å². The maximum Gasteiger partial charge on any atom is 0.416 e. The van der Waals surface area contributed by atoms with Gasteiger partial charge in [0, 0.05) is 13.0 Å². The Morgan fingerprint density at radius 1 is 1.26 bits per heavy atom. The number of hydrogen-bond acceptors (Lipinski definition) is 4. The molecule has 1 aromatic heterocycles. The summed E-state index contributed by atoms with van der Waals surface area (Å²) in [4.78, 5) is 0. The van der Waals surface area contributed by atoms with E-state index < -0.39 is 11.7 Å². The van der Waals surface area contributed by atoms with Crippen LogP contribution in [0.15, 0.2) is 28.7 Å². The van der Waals surface area contributed by atoms with Gasteiger partial charge in [-0.05, 0) is 43.4 Å². The highest BCUT2D eigenvalue weighted by molar-refractivity contribution is 5.29. The van der Waals surface area contributed by atoms with E-state index in [1.165, 1.54) is 12.1 Å². The zero-order valence-electron chi connectivity index (χ0n) is 12.9. The van der Waals surface area contributed by atoms with Gasteiger partial charge in [0.2, 0.25) is 11.8 Å². The van der Waals surface area contributed by atoms with Crippen LogP contribution in [0.4, 0.5) is 13.2 Å². The summed E-state index contributed by atoms with van der Waals surface area (Å²) in [6.45, 7) is 3.57. The molecule has 124 valence electrons. The van der Waals surface area contributed by atoms with Crippen LogP contribution in [-0.4, -0.2) is 10.2 Å². The highest BCUT2D eigenvalue weighted by atomic mass is 19.4. The number of aryl methyl sites for hydroxylation is 1. The first-order valence-electron chi connectivity index (χ1n) is 7.58. The van der Waals surface area contributed by atoms with Gasteiger partial charge in [-0.3, -0.25) is 5.32 Å². The van der Waals surface area contributed by atoms with Crippen LogP contribution < -0.4 is 5.32 Å². The number of nitrogens with zero attached hydrogens (tertiary/aromatic N) is 2. The smallest absolute Gasteiger partial charge is 0.416 e. The maximum atomic E-state index is 12.9. The van der Waals surface area contributed by atoms with Crippen molar-refractivity contribution in [2.45, 2.75) is 44.9 Å². The average molecular weight is 325 g/mol. The van der Waals surface area contributed by atoms with Gasteiger partial charge in [-0.25, -0.2) is 0 Å². The maximum absolute atomic E-state index is 12.9. The number of alkyl halides is 3. The lowest BCUT2D eigenvalue weighted by Gasteiger charge is -2.22.